The van der Waals surface area contributed by atoms with E-state index in [4.69, 9.17) is 8.94 Å². The first kappa shape index (κ1) is 10.5. The number of aromatic nitrogens is 2. The highest BCUT2D eigenvalue weighted by Crippen LogP contribution is 2.20. The molecule has 1 aliphatic heterocycles. The lowest BCUT2D eigenvalue weighted by molar-refractivity contribution is 0.313. The topological polar surface area (TPSA) is 64.1 Å². The van der Waals surface area contributed by atoms with Gasteiger partial charge in [-0.2, -0.15) is 4.98 Å². The minimum absolute atomic E-state index is 0.541. The van der Waals surface area contributed by atoms with Crippen LogP contribution in [0.25, 0.3) is 11.6 Å². The van der Waals surface area contributed by atoms with Gasteiger partial charge in [0.2, 0.25) is 11.7 Å². The van der Waals surface area contributed by atoms with E-state index in [0.29, 0.717) is 23.4 Å². The molecule has 0 spiro atoms. The average molecular weight is 233 g/mol. The summed E-state index contributed by atoms with van der Waals surface area (Å²) in [7, 11) is 0. The van der Waals surface area contributed by atoms with Crippen molar-refractivity contribution in [1.82, 2.24) is 15.5 Å². The zero-order valence-electron chi connectivity index (χ0n) is 9.56. The molecule has 1 aliphatic rings. The van der Waals surface area contributed by atoms with Crippen molar-refractivity contribution in [2.45, 2.75) is 19.3 Å². The highest BCUT2D eigenvalue weighted by atomic mass is 16.5. The van der Waals surface area contributed by atoms with Crippen LogP contribution in [0.1, 0.15) is 18.7 Å². The van der Waals surface area contributed by atoms with Gasteiger partial charge in [0, 0.05) is 6.42 Å². The maximum absolute atomic E-state index is 5.25. The molecule has 90 valence electrons. The molecular weight excluding hydrogens is 218 g/mol. The predicted octanol–water partition coefficient (Wildman–Crippen LogP) is 1.87. The van der Waals surface area contributed by atoms with Crippen LogP contribution in [0.15, 0.2) is 27.3 Å². The van der Waals surface area contributed by atoms with Gasteiger partial charge in [0.1, 0.15) is 0 Å². The van der Waals surface area contributed by atoms with Crippen LogP contribution in [0.4, 0.5) is 0 Å². The second-order valence-electron chi connectivity index (χ2n) is 4.39. The number of nitrogens with zero attached hydrogens (tertiary/aromatic N) is 2. The Labute approximate surface area is 99.2 Å². The van der Waals surface area contributed by atoms with E-state index in [9.17, 15) is 0 Å². The van der Waals surface area contributed by atoms with E-state index in [2.05, 4.69) is 15.5 Å². The molecule has 0 aromatic carbocycles. The van der Waals surface area contributed by atoms with Gasteiger partial charge in [-0.15, -0.1) is 0 Å². The van der Waals surface area contributed by atoms with Gasteiger partial charge < -0.3 is 14.3 Å². The van der Waals surface area contributed by atoms with Gasteiger partial charge in [-0.3, -0.25) is 0 Å². The highest BCUT2D eigenvalue weighted by Gasteiger charge is 2.18. The van der Waals surface area contributed by atoms with Crippen molar-refractivity contribution in [3.05, 3.63) is 24.3 Å². The van der Waals surface area contributed by atoms with E-state index in [1.807, 2.05) is 12.1 Å². The van der Waals surface area contributed by atoms with Gasteiger partial charge in [-0.1, -0.05) is 5.16 Å². The lowest BCUT2D eigenvalue weighted by Gasteiger charge is -2.20. The molecule has 1 saturated heterocycles. The molecule has 2 aromatic rings. The average Bonchev–Trinajstić information content (AvgIpc) is 3.00. The summed E-state index contributed by atoms with van der Waals surface area (Å²) in [4.78, 5) is 4.35. The van der Waals surface area contributed by atoms with Gasteiger partial charge >= 0.3 is 0 Å². The molecule has 5 nitrogen and oxygen atoms in total. The molecule has 1 N–H and O–H groups in total. The summed E-state index contributed by atoms with van der Waals surface area (Å²) in [5.41, 5.74) is 0. The Hall–Kier alpha value is -1.62. The molecule has 0 radical (unpaired) electrons. The third-order valence-corrected chi connectivity index (χ3v) is 3.13. The predicted molar refractivity (Wildman–Crippen MR) is 61.3 cm³/mol. The zero-order valence-corrected chi connectivity index (χ0v) is 9.56. The molecule has 2 aromatic heterocycles. The SMILES string of the molecule is c1coc(-c2noc(CC3CCNCC3)n2)c1. The monoisotopic (exact) mass is 233 g/mol. The van der Waals surface area contributed by atoms with Gasteiger partial charge in [0.25, 0.3) is 0 Å². The van der Waals surface area contributed by atoms with E-state index >= 15 is 0 Å². The standard InChI is InChI=1S/C12H15N3O2/c1-2-10(16-7-1)12-14-11(17-15-12)8-9-3-5-13-6-4-9/h1-2,7,9,13H,3-6,8H2. The maximum Gasteiger partial charge on any atom is 0.238 e. The third kappa shape index (κ3) is 2.39. The molecule has 0 aliphatic carbocycles. The Balaban J connectivity index is 1.68. The van der Waals surface area contributed by atoms with E-state index in [1.165, 1.54) is 12.8 Å². The van der Waals surface area contributed by atoms with Crippen molar-refractivity contribution in [3.63, 3.8) is 0 Å². The third-order valence-electron chi connectivity index (χ3n) is 3.13. The fourth-order valence-corrected chi connectivity index (χ4v) is 2.18. The van der Waals surface area contributed by atoms with Crippen LogP contribution in [-0.4, -0.2) is 23.2 Å². The van der Waals surface area contributed by atoms with E-state index in [0.717, 1.165) is 19.5 Å². The molecule has 0 unspecified atom stereocenters. The summed E-state index contributed by atoms with van der Waals surface area (Å²) in [5.74, 6) is 2.56. The Morgan fingerprint density at radius 1 is 1.35 bits per heavy atom. The Kier molecular flexibility index (Phi) is 2.92. The Morgan fingerprint density at radius 2 is 2.24 bits per heavy atom. The molecule has 1 fully saturated rings. The molecule has 5 heteroatoms. The van der Waals surface area contributed by atoms with Crippen LogP contribution in [-0.2, 0) is 6.42 Å². The molecule has 17 heavy (non-hydrogen) atoms. The number of hydrogen-bond acceptors (Lipinski definition) is 5. The van der Waals surface area contributed by atoms with E-state index < -0.39 is 0 Å². The molecule has 3 heterocycles. The van der Waals surface area contributed by atoms with Crippen LogP contribution in [0.2, 0.25) is 0 Å². The normalized spacial score (nSPS) is 17.4. The first-order valence-electron chi connectivity index (χ1n) is 5.99. The zero-order chi connectivity index (χ0) is 11.5. The Morgan fingerprint density at radius 3 is 3.00 bits per heavy atom. The van der Waals surface area contributed by atoms with Gasteiger partial charge in [-0.25, -0.2) is 0 Å². The van der Waals surface area contributed by atoms with Crippen LogP contribution in [0.5, 0.6) is 0 Å². The molecule has 0 bridgehead atoms. The van der Waals surface area contributed by atoms with Gasteiger partial charge in [0.05, 0.1) is 6.26 Å². The minimum Gasteiger partial charge on any atom is -0.461 e. The summed E-state index contributed by atoms with van der Waals surface area (Å²) in [5, 5.41) is 7.28. The molecule has 0 atom stereocenters. The van der Waals surface area contributed by atoms with Crippen molar-refractivity contribution in [1.29, 1.82) is 0 Å². The molecule has 3 rings (SSSR count). The van der Waals surface area contributed by atoms with Crippen molar-refractivity contribution < 1.29 is 8.94 Å². The first-order chi connectivity index (χ1) is 8.42. The lowest BCUT2D eigenvalue weighted by Crippen LogP contribution is -2.28. The smallest absolute Gasteiger partial charge is 0.238 e. The first-order valence-corrected chi connectivity index (χ1v) is 5.99. The number of hydrogen-bond donors (Lipinski definition) is 1. The number of furan rings is 1. The van der Waals surface area contributed by atoms with Crippen molar-refractivity contribution in [2.24, 2.45) is 5.92 Å². The second kappa shape index (κ2) is 4.71. The van der Waals surface area contributed by atoms with Crippen molar-refractivity contribution in [3.8, 4) is 11.6 Å². The number of rotatable bonds is 3. The van der Waals surface area contributed by atoms with E-state index in [1.54, 1.807) is 6.26 Å². The number of nitrogens with one attached hydrogen (secondary N) is 1. The molecule has 0 amide bonds. The summed E-state index contributed by atoms with van der Waals surface area (Å²) in [6, 6.07) is 3.65. The fraction of sp³-hybridized carbons (Fsp3) is 0.500. The quantitative estimate of drug-likeness (QED) is 0.876. The van der Waals surface area contributed by atoms with Crippen LogP contribution < -0.4 is 5.32 Å². The largest absolute Gasteiger partial charge is 0.461 e. The van der Waals surface area contributed by atoms with Crippen LogP contribution in [0, 0.1) is 5.92 Å². The maximum atomic E-state index is 5.25. The minimum atomic E-state index is 0.541. The summed E-state index contributed by atoms with van der Waals surface area (Å²) >= 11 is 0. The van der Waals surface area contributed by atoms with Crippen LogP contribution in [0.3, 0.4) is 0 Å². The summed E-state index contributed by atoms with van der Waals surface area (Å²) in [6.07, 6.45) is 4.84. The fourth-order valence-electron chi connectivity index (χ4n) is 2.18. The summed E-state index contributed by atoms with van der Waals surface area (Å²) in [6.45, 7) is 2.17. The lowest BCUT2D eigenvalue weighted by atomic mass is 9.95. The molecular formula is C12H15N3O2. The molecule has 0 saturated carbocycles. The van der Waals surface area contributed by atoms with E-state index in [-0.39, 0.29) is 0 Å². The van der Waals surface area contributed by atoms with Gasteiger partial charge in [-0.05, 0) is 44.0 Å². The summed E-state index contributed by atoms with van der Waals surface area (Å²) < 4.78 is 10.5. The van der Waals surface area contributed by atoms with Crippen LogP contribution >= 0.6 is 0 Å². The number of piperidine rings is 1. The Bertz CT molecular complexity index is 458. The second-order valence-corrected chi connectivity index (χ2v) is 4.39. The van der Waals surface area contributed by atoms with Crippen molar-refractivity contribution >= 4 is 0 Å². The van der Waals surface area contributed by atoms with Gasteiger partial charge in [0.15, 0.2) is 5.76 Å². The van der Waals surface area contributed by atoms with Crippen molar-refractivity contribution in [2.75, 3.05) is 13.1 Å². The highest BCUT2D eigenvalue weighted by molar-refractivity contribution is 5.44.